The molecule has 0 fully saturated rings. The van der Waals surface area contributed by atoms with Crippen molar-refractivity contribution in [2.45, 2.75) is 26.5 Å². The molecule has 1 rings (SSSR count). The molecule has 1 atom stereocenters. The highest BCUT2D eigenvalue weighted by Gasteiger charge is 1.99. The summed E-state index contributed by atoms with van der Waals surface area (Å²) in [4.78, 5) is 10.8. The number of anilines is 1. The molecule has 4 heteroatoms. The summed E-state index contributed by atoms with van der Waals surface area (Å²) in [5.74, 6) is -0.0511. The summed E-state index contributed by atoms with van der Waals surface area (Å²) in [6.07, 6.45) is 0.216. The van der Waals surface area contributed by atoms with Crippen molar-refractivity contribution in [3.8, 4) is 0 Å². The fraction of sp³-hybridized carbons (Fsp3) is 0.462. The molecule has 0 heterocycles. The molecule has 0 spiro atoms. The molecule has 2 N–H and O–H groups in total. The minimum absolute atomic E-state index is 0.0511. The van der Waals surface area contributed by atoms with Gasteiger partial charge in [-0.2, -0.15) is 0 Å². The maximum Gasteiger partial charge on any atom is 0.221 e. The number of nitrogens with one attached hydrogen (secondary N) is 2. The Labute approximate surface area is 102 Å². The van der Waals surface area contributed by atoms with Crippen LogP contribution in [0.4, 0.5) is 5.69 Å². The van der Waals surface area contributed by atoms with E-state index < -0.39 is 0 Å². The highest BCUT2D eigenvalue weighted by atomic mass is 16.5. The van der Waals surface area contributed by atoms with E-state index in [-0.39, 0.29) is 12.0 Å². The van der Waals surface area contributed by atoms with Crippen LogP contribution in [0.15, 0.2) is 24.3 Å². The van der Waals surface area contributed by atoms with E-state index in [0.29, 0.717) is 0 Å². The van der Waals surface area contributed by atoms with Crippen molar-refractivity contribution < 1.29 is 9.53 Å². The van der Waals surface area contributed by atoms with E-state index in [1.54, 1.807) is 7.11 Å². The predicted molar refractivity (Wildman–Crippen MR) is 68.9 cm³/mol. The van der Waals surface area contributed by atoms with Crippen molar-refractivity contribution in [2.75, 3.05) is 19.0 Å². The smallest absolute Gasteiger partial charge is 0.221 e. The second-order valence-corrected chi connectivity index (χ2v) is 4.06. The fourth-order valence-electron chi connectivity index (χ4n) is 1.41. The molecule has 4 nitrogen and oxygen atoms in total. The second kappa shape index (κ2) is 7.04. The number of methoxy groups -OCH3 is 1. The third-order valence-corrected chi connectivity index (χ3v) is 2.44. The molecule has 1 amide bonds. The van der Waals surface area contributed by atoms with E-state index in [1.165, 1.54) is 12.5 Å². The fourth-order valence-corrected chi connectivity index (χ4v) is 1.41. The van der Waals surface area contributed by atoms with Gasteiger partial charge >= 0.3 is 0 Å². The Morgan fingerprint density at radius 1 is 1.35 bits per heavy atom. The molecule has 0 aliphatic carbocycles. The number of ether oxygens (including phenoxy) is 1. The Morgan fingerprint density at radius 2 is 2.00 bits per heavy atom. The molecule has 94 valence electrons. The van der Waals surface area contributed by atoms with Crippen LogP contribution in [-0.4, -0.2) is 25.7 Å². The van der Waals surface area contributed by atoms with Crippen LogP contribution in [0, 0.1) is 0 Å². The van der Waals surface area contributed by atoms with Crippen molar-refractivity contribution in [3.05, 3.63) is 29.8 Å². The minimum Gasteiger partial charge on any atom is -0.380 e. The van der Waals surface area contributed by atoms with Crippen molar-refractivity contribution in [2.24, 2.45) is 0 Å². The Balaban J connectivity index is 2.37. The van der Waals surface area contributed by atoms with Gasteiger partial charge in [0.25, 0.3) is 0 Å². The molecule has 0 aromatic heterocycles. The highest BCUT2D eigenvalue weighted by Crippen LogP contribution is 2.09. The van der Waals surface area contributed by atoms with Crippen molar-refractivity contribution in [1.29, 1.82) is 0 Å². The predicted octanol–water partition coefficient (Wildman–Crippen LogP) is 1.77. The first-order valence-corrected chi connectivity index (χ1v) is 5.72. The molecular weight excluding hydrogens is 216 g/mol. The summed E-state index contributed by atoms with van der Waals surface area (Å²) >= 11 is 0. The maximum absolute atomic E-state index is 10.8. The summed E-state index contributed by atoms with van der Waals surface area (Å²) in [6.45, 7) is 5.15. The van der Waals surface area contributed by atoms with Gasteiger partial charge in [0.2, 0.25) is 5.91 Å². The van der Waals surface area contributed by atoms with Gasteiger partial charge in [-0.3, -0.25) is 4.79 Å². The van der Waals surface area contributed by atoms with Gasteiger partial charge in [0, 0.05) is 32.8 Å². The summed E-state index contributed by atoms with van der Waals surface area (Å²) in [6, 6.07) is 7.79. The molecule has 1 aromatic carbocycles. The number of carbonyl (C=O) groups excluding carboxylic acids is 1. The molecule has 0 bridgehead atoms. The van der Waals surface area contributed by atoms with Crippen molar-refractivity contribution >= 4 is 11.6 Å². The van der Waals surface area contributed by atoms with Crippen LogP contribution in [0.25, 0.3) is 0 Å². The molecule has 0 saturated heterocycles. The van der Waals surface area contributed by atoms with Crippen LogP contribution in [-0.2, 0) is 16.1 Å². The molecule has 0 radical (unpaired) electrons. The zero-order chi connectivity index (χ0) is 12.7. The summed E-state index contributed by atoms with van der Waals surface area (Å²) in [5.41, 5.74) is 2.01. The summed E-state index contributed by atoms with van der Waals surface area (Å²) in [7, 11) is 1.70. The molecule has 17 heavy (non-hydrogen) atoms. The Kier molecular flexibility index (Phi) is 5.66. The number of carbonyl (C=O) groups is 1. The Bertz CT molecular complexity index is 349. The van der Waals surface area contributed by atoms with E-state index in [9.17, 15) is 4.79 Å². The largest absolute Gasteiger partial charge is 0.380 e. The van der Waals surface area contributed by atoms with E-state index in [1.807, 2.05) is 31.2 Å². The average Bonchev–Trinajstić information content (AvgIpc) is 2.30. The first-order chi connectivity index (χ1) is 8.11. The van der Waals surface area contributed by atoms with E-state index in [2.05, 4.69) is 10.6 Å². The Morgan fingerprint density at radius 3 is 2.53 bits per heavy atom. The molecular formula is C13H20N2O2. The molecule has 0 aliphatic rings. The van der Waals surface area contributed by atoms with Crippen LogP contribution in [0.3, 0.4) is 0 Å². The van der Waals surface area contributed by atoms with E-state index in [4.69, 9.17) is 4.74 Å². The van der Waals surface area contributed by atoms with Gasteiger partial charge in [-0.15, -0.1) is 0 Å². The van der Waals surface area contributed by atoms with E-state index in [0.717, 1.165) is 18.8 Å². The summed E-state index contributed by atoms with van der Waals surface area (Å²) in [5, 5.41) is 6.04. The van der Waals surface area contributed by atoms with Gasteiger partial charge in [-0.25, -0.2) is 0 Å². The molecule has 1 unspecified atom stereocenters. The third-order valence-electron chi connectivity index (χ3n) is 2.44. The zero-order valence-corrected chi connectivity index (χ0v) is 10.6. The molecule has 0 saturated carbocycles. The van der Waals surface area contributed by atoms with Gasteiger partial charge in [-0.1, -0.05) is 12.1 Å². The quantitative estimate of drug-likeness (QED) is 0.791. The van der Waals surface area contributed by atoms with Crippen LogP contribution in [0.1, 0.15) is 19.4 Å². The lowest BCUT2D eigenvalue weighted by atomic mass is 10.2. The molecule has 0 aliphatic heterocycles. The van der Waals surface area contributed by atoms with Crippen LogP contribution < -0.4 is 10.6 Å². The van der Waals surface area contributed by atoms with Gasteiger partial charge in [-0.05, 0) is 24.6 Å². The monoisotopic (exact) mass is 236 g/mol. The van der Waals surface area contributed by atoms with Crippen LogP contribution in [0.2, 0.25) is 0 Å². The van der Waals surface area contributed by atoms with Crippen molar-refractivity contribution in [1.82, 2.24) is 5.32 Å². The third kappa shape index (κ3) is 5.47. The lowest BCUT2D eigenvalue weighted by molar-refractivity contribution is -0.114. The van der Waals surface area contributed by atoms with Gasteiger partial charge in [0.1, 0.15) is 0 Å². The first-order valence-electron chi connectivity index (χ1n) is 5.72. The topological polar surface area (TPSA) is 50.4 Å². The Hall–Kier alpha value is -1.39. The number of hydrogen-bond donors (Lipinski definition) is 2. The lowest BCUT2D eigenvalue weighted by Crippen LogP contribution is -2.25. The van der Waals surface area contributed by atoms with Gasteiger partial charge in [0.05, 0.1) is 6.10 Å². The van der Waals surface area contributed by atoms with Crippen molar-refractivity contribution in [3.63, 3.8) is 0 Å². The number of rotatable bonds is 6. The van der Waals surface area contributed by atoms with Crippen LogP contribution >= 0.6 is 0 Å². The normalized spacial score (nSPS) is 12.2. The summed E-state index contributed by atoms with van der Waals surface area (Å²) < 4.78 is 5.14. The highest BCUT2D eigenvalue weighted by molar-refractivity contribution is 5.88. The SMILES string of the molecule is COC(C)CNCc1ccc(NC(C)=O)cc1. The van der Waals surface area contributed by atoms with Gasteiger partial charge in [0.15, 0.2) is 0 Å². The van der Waals surface area contributed by atoms with Gasteiger partial charge < -0.3 is 15.4 Å². The van der Waals surface area contributed by atoms with Crippen LogP contribution in [0.5, 0.6) is 0 Å². The lowest BCUT2D eigenvalue weighted by Gasteiger charge is -2.11. The van der Waals surface area contributed by atoms with E-state index >= 15 is 0 Å². The second-order valence-electron chi connectivity index (χ2n) is 4.06. The molecule has 1 aromatic rings. The maximum atomic E-state index is 10.8. The standard InChI is InChI=1S/C13H20N2O2/c1-10(17-3)8-14-9-12-4-6-13(7-5-12)15-11(2)16/h4-7,10,14H,8-9H2,1-3H3,(H,15,16). The number of amides is 1. The minimum atomic E-state index is -0.0511. The first kappa shape index (κ1) is 13.7. The number of hydrogen-bond acceptors (Lipinski definition) is 3. The average molecular weight is 236 g/mol. The zero-order valence-electron chi connectivity index (χ0n) is 10.6. The number of benzene rings is 1.